The SMILES string of the molecule is O=C(O)CC(NC(=O)CS)C(=O)NC(Cc1c[nH]c2ccccc12)C(=O)O. The fraction of sp³-hybridized carbons (Fsp3) is 0.294. The van der Waals surface area contributed by atoms with Crippen LogP contribution >= 0.6 is 12.6 Å². The van der Waals surface area contributed by atoms with Crippen LogP contribution in [0.3, 0.4) is 0 Å². The van der Waals surface area contributed by atoms with Crippen LogP contribution in [-0.4, -0.2) is 56.8 Å². The average Bonchev–Trinajstić information content (AvgIpc) is 3.03. The average molecular weight is 393 g/mol. The van der Waals surface area contributed by atoms with Gasteiger partial charge in [-0.3, -0.25) is 14.4 Å². The van der Waals surface area contributed by atoms with Crippen LogP contribution in [0, 0.1) is 0 Å². The summed E-state index contributed by atoms with van der Waals surface area (Å²) in [6.07, 6.45) is 0.973. The Kier molecular flexibility index (Phi) is 6.83. The number of nitrogens with one attached hydrogen (secondary N) is 3. The van der Waals surface area contributed by atoms with Gasteiger partial charge in [-0.05, 0) is 11.6 Å². The van der Waals surface area contributed by atoms with Crippen molar-refractivity contribution in [1.29, 1.82) is 0 Å². The molecule has 0 spiro atoms. The number of aromatic amines is 1. The van der Waals surface area contributed by atoms with Gasteiger partial charge >= 0.3 is 11.9 Å². The topological polar surface area (TPSA) is 149 Å². The molecule has 0 aliphatic rings. The summed E-state index contributed by atoms with van der Waals surface area (Å²) in [4.78, 5) is 49.3. The van der Waals surface area contributed by atoms with Gasteiger partial charge < -0.3 is 25.8 Å². The van der Waals surface area contributed by atoms with Crippen LogP contribution in [0.1, 0.15) is 12.0 Å². The maximum Gasteiger partial charge on any atom is 0.326 e. The maximum atomic E-state index is 12.4. The first-order valence-corrected chi connectivity index (χ1v) is 8.65. The Morgan fingerprint density at radius 2 is 1.78 bits per heavy atom. The van der Waals surface area contributed by atoms with E-state index in [-0.39, 0.29) is 12.2 Å². The van der Waals surface area contributed by atoms with E-state index in [2.05, 4.69) is 28.2 Å². The maximum absolute atomic E-state index is 12.4. The van der Waals surface area contributed by atoms with Crippen molar-refractivity contribution in [1.82, 2.24) is 15.6 Å². The number of amides is 2. The molecule has 10 heteroatoms. The molecule has 0 fully saturated rings. The fourth-order valence-corrected chi connectivity index (χ4v) is 2.71. The first-order valence-electron chi connectivity index (χ1n) is 8.02. The number of thiol groups is 1. The van der Waals surface area contributed by atoms with Crippen molar-refractivity contribution < 1.29 is 29.4 Å². The molecule has 1 aromatic carbocycles. The number of carboxylic acids is 2. The van der Waals surface area contributed by atoms with Gasteiger partial charge in [-0.2, -0.15) is 12.6 Å². The number of hydrogen-bond donors (Lipinski definition) is 6. The summed E-state index contributed by atoms with van der Waals surface area (Å²) in [7, 11) is 0. The van der Waals surface area contributed by atoms with E-state index < -0.39 is 42.3 Å². The number of carbonyl (C=O) groups excluding carboxylic acids is 2. The standard InChI is InChI=1S/C17H19N3O6S/c21-14(8-27)19-12(6-15(22)23)16(24)20-13(17(25)26)5-9-7-18-11-4-2-1-3-10(9)11/h1-4,7,12-13,18,27H,5-6,8H2,(H,19,21)(H,20,24)(H,22,23)(H,25,26). The molecule has 2 unspecified atom stereocenters. The number of rotatable bonds is 9. The highest BCUT2D eigenvalue weighted by Crippen LogP contribution is 2.19. The van der Waals surface area contributed by atoms with E-state index in [4.69, 9.17) is 5.11 Å². The number of fused-ring (bicyclic) bond motifs is 1. The van der Waals surface area contributed by atoms with Gasteiger partial charge in [-0.1, -0.05) is 18.2 Å². The van der Waals surface area contributed by atoms with Crippen LogP contribution in [0.2, 0.25) is 0 Å². The van der Waals surface area contributed by atoms with E-state index in [1.807, 2.05) is 24.3 Å². The van der Waals surface area contributed by atoms with E-state index in [9.17, 15) is 24.3 Å². The zero-order valence-corrected chi connectivity index (χ0v) is 15.0. The minimum absolute atomic E-state index is 0.00854. The Bertz CT molecular complexity index is 865. The molecule has 0 saturated carbocycles. The molecular formula is C17H19N3O6S. The molecule has 9 nitrogen and oxygen atoms in total. The predicted octanol–water partition coefficient (Wildman–Crippen LogP) is 0.169. The lowest BCUT2D eigenvalue weighted by molar-refractivity contribution is -0.143. The van der Waals surface area contributed by atoms with Crippen molar-refractivity contribution in [3.8, 4) is 0 Å². The Hall–Kier alpha value is -3.01. The van der Waals surface area contributed by atoms with Crippen LogP contribution in [0.25, 0.3) is 10.9 Å². The number of para-hydroxylation sites is 1. The van der Waals surface area contributed by atoms with Crippen LogP contribution in [0.5, 0.6) is 0 Å². The number of aromatic nitrogens is 1. The van der Waals surface area contributed by atoms with E-state index in [0.29, 0.717) is 5.56 Å². The van der Waals surface area contributed by atoms with Crippen molar-refractivity contribution in [3.05, 3.63) is 36.0 Å². The highest BCUT2D eigenvalue weighted by atomic mass is 32.1. The highest BCUT2D eigenvalue weighted by molar-refractivity contribution is 7.81. The normalized spacial score (nSPS) is 12.9. The second-order valence-electron chi connectivity index (χ2n) is 5.84. The van der Waals surface area contributed by atoms with Crippen LogP contribution in [0.15, 0.2) is 30.5 Å². The molecule has 0 bridgehead atoms. The molecule has 2 atom stereocenters. The summed E-state index contributed by atoms with van der Waals surface area (Å²) in [5, 5.41) is 23.7. The van der Waals surface area contributed by atoms with Gasteiger partial charge in [0.25, 0.3) is 0 Å². The third-order valence-corrected chi connectivity index (χ3v) is 4.17. The quantitative estimate of drug-likeness (QED) is 0.335. The molecule has 2 rings (SSSR count). The van der Waals surface area contributed by atoms with Crippen molar-refractivity contribution in [3.63, 3.8) is 0 Å². The molecule has 1 heterocycles. The second kappa shape index (κ2) is 9.08. The van der Waals surface area contributed by atoms with Gasteiger partial charge in [0, 0.05) is 23.5 Å². The lowest BCUT2D eigenvalue weighted by Crippen LogP contribution is -2.53. The Morgan fingerprint density at radius 3 is 2.41 bits per heavy atom. The fourth-order valence-electron chi connectivity index (χ4n) is 2.62. The third kappa shape index (κ3) is 5.48. The first-order chi connectivity index (χ1) is 12.8. The lowest BCUT2D eigenvalue weighted by Gasteiger charge is -2.20. The molecule has 27 heavy (non-hydrogen) atoms. The van der Waals surface area contributed by atoms with Gasteiger partial charge in [0.2, 0.25) is 11.8 Å². The zero-order chi connectivity index (χ0) is 20.0. The third-order valence-electron chi connectivity index (χ3n) is 3.89. The predicted molar refractivity (Wildman–Crippen MR) is 99.6 cm³/mol. The molecule has 1 aromatic heterocycles. The van der Waals surface area contributed by atoms with E-state index in [0.717, 1.165) is 10.9 Å². The molecule has 2 aromatic rings. The number of hydrogen-bond acceptors (Lipinski definition) is 5. The van der Waals surface area contributed by atoms with Crippen LogP contribution in [0.4, 0.5) is 0 Å². The van der Waals surface area contributed by atoms with Crippen LogP contribution in [-0.2, 0) is 25.6 Å². The summed E-state index contributed by atoms with van der Waals surface area (Å²) in [6, 6.07) is 4.61. The lowest BCUT2D eigenvalue weighted by atomic mass is 10.0. The largest absolute Gasteiger partial charge is 0.481 e. The summed E-state index contributed by atoms with van der Waals surface area (Å²) < 4.78 is 0. The van der Waals surface area contributed by atoms with Gasteiger partial charge in [0.1, 0.15) is 12.1 Å². The van der Waals surface area contributed by atoms with E-state index in [1.165, 1.54) is 0 Å². The number of carbonyl (C=O) groups is 4. The second-order valence-corrected chi connectivity index (χ2v) is 6.16. The Balaban J connectivity index is 2.15. The first kappa shape index (κ1) is 20.3. The van der Waals surface area contributed by atoms with Crippen molar-refractivity contribution in [2.45, 2.75) is 24.9 Å². The van der Waals surface area contributed by atoms with Gasteiger partial charge in [-0.15, -0.1) is 0 Å². The summed E-state index contributed by atoms with van der Waals surface area (Å²) in [5.74, 6) is -4.34. The smallest absolute Gasteiger partial charge is 0.326 e. The van der Waals surface area contributed by atoms with Crippen molar-refractivity contribution >= 4 is 47.3 Å². The molecule has 0 saturated heterocycles. The van der Waals surface area contributed by atoms with Gasteiger partial charge in [0.15, 0.2) is 0 Å². The molecule has 0 aliphatic heterocycles. The Labute approximate surface area is 159 Å². The minimum atomic E-state index is -1.40. The van der Waals surface area contributed by atoms with Crippen LogP contribution < -0.4 is 10.6 Å². The minimum Gasteiger partial charge on any atom is -0.481 e. The Morgan fingerprint density at radius 1 is 1.07 bits per heavy atom. The molecule has 2 amide bonds. The van der Waals surface area contributed by atoms with Gasteiger partial charge in [0.05, 0.1) is 12.2 Å². The molecule has 0 aliphatic carbocycles. The number of benzene rings is 1. The number of H-pyrrole nitrogens is 1. The molecule has 0 radical (unpaired) electrons. The summed E-state index contributed by atoms with van der Waals surface area (Å²) in [6.45, 7) is 0. The monoisotopic (exact) mass is 393 g/mol. The summed E-state index contributed by atoms with van der Waals surface area (Å²) >= 11 is 3.76. The molecule has 144 valence electrons. The van der Waals surface area contributed by atoms with Crippen molar-refractivity contribution in [2.75, 3.05) is 5.75 Å². The highest BCUT2D eigenvalue weighted by Gasteiger charge is 2.28. The number of carboxylic acid groups (broad SMARTS) is 2. The molecular weight excluding hydrogens is 374 g/mol. The number of aliphatic carboxylic acids is 2. The van der Waals surface area contributed by atoms with E-state index >= 15 is 0 Å². The molecule has 5 N–H and O–H groups in total. The van der Waals surface area contributed by atoms with Crippen molar-refractivity contribution in [2.24, 2.45) is 0 Å². The zero-order valence-electron chi connectivity index (χ0n) is 14.1. The summed E-state index contributed by atoms with van der Waals surface area (Å²) in [5.41, 5.74) is 1.51. The van der Waals surface area contributed by atoms with Gasteiger partial charge in [-0.25, -0.2) is 4.79 Å². The van der Waals surface area contributed by atoms with E-state index in [1.54, 1.807) is 6.20 Å².